The lowest BCUT2D eigenvalue weighted by atomic mass is 9.84. The first-order valence-electron chi connectivity index (χ1n) is 5.55. The van der Waals surface area contributed by atoms with Gasteiger partial charge < -0.3 is 4.74 Å². The molecule has 14 heavy (non-hydrogen) atoms. The summed E-state index contributed by atoms with van der Waals surface area (Å²) < 4.78 is 6.17. The van der Waals surface area contributed by atoms with Crippen molar-refractivity contribution < 1.29 is 4.74 Å². The molecule has 2 heteroatoms. The third-order valence-electron chi connectivity index (χ3n) is 3.63. The number of ether oxygens (including phenoxy) is 1. The first kappa shape index (κ1) is 11.5. The van der Waals surface area contributed by atoms with Crippen LogP contribution in [-0.2, 0) is 4.74 Å². The van der Waals surface area contributed by atoms with Gasteiger partial charge in [-0.1, -0.05) is 20.8 Å². The maximum Gasteiger partial charge on any atom is 0.0792 e. The topological polar surface area (TPSA) is 33.0 Å². The quantitative estimate of drug-likeness (QED) is 0.692. The first-order chi connectivity index (χ1) is 6.48. The lowest BCUT2D eigenvalue weighted by molar-refractivity contribution is -0.118. The smallest absolute Gasteiger partial charge is 0.0792 e. The Labute approximate surface area is 87.3 Å². The van der Waals surface area contributed by atoms with Crippen LogP contribution in [0.1, 0.15) is 53.4 Å². The van der Waals surface area contributed by atoms with Crippen molar-refractivity contribution in [1.82, 2.24) is 0 Å². The zero-order chi connectivity index (χ0) is 10.8. The third-order valence-corrected chi connectivity index (χ3v) is 3.63. The number of hydrogen-bond acceptors (Lipinski definition) is 2. The van der Waals surface area contributed by atoms with Gasteiger partial charge in [-0.05, 0) is 32.1 Å². The molecule has 2 nitrogen and oxygen atoms in total. The molecule has 1 rings (SSSR count). The first-order valence-corrected chi connectivity index (χ1v) is 5.55. The maximum atomic E-state index is 8.74. The second kappa shape index (κ2) is 3.90. The molecule has 0 aromatic heterocycles. The van der Waals surface area contributed by atoms with Crippen LogP contribution >= 0.6 is 0 Å². The molecule has 0 N–H and O–H groups in total. The van der Waals surface area contributed by atoms with Gasteiger partial charge in [0.25, 0.3) is 0 Å². The van der Waals surface area contributed by atoms with Gasteiger partial charge in [0, 0.05) is 0 Å². The summed E-state index contributed by atoms with van der Waals surface area (Å²) in [6.45, 7) is 8.66. The van der Waals surface area contributed by atoms with Gasteiger partial charge in [0.05, 0.1) is 23.7 Å². The van der Waals surface area contributed by atoms with Crippen molar-refractivity contribution in [3.05, 3.63) is 0 Å². The normalized spacial score (nSPS) is 37.4. The minimum absolute atomic E-state index is 0.0194. The van der Waals surface area contributed by atoms with Crippen LogP contribution < -0.4 is 0 Å². The van der Waals surface area contributed by atoms with Crippen LogP contribution in [-0.4, -0.2) is 11.2 Å². The standard InChI is InChI=1S/C12H21NO/c1-5-12(10(2)3)7-6-11(4,14-12)8-9-13/h10H,5-8H2,1-4H3. The number of nitrogens with zero attached hydrogens (tertiary/aromatic N) is 1. The Morgan fingerprint density at radius 2 is 2.07 bits per heavy atom. The molecule has 1 fully saturated rings. The highest BCUT2D eigenvalue weighted by atomic mass is 16.5. The van der Waals surface area contributed by atoms with Gasteiger partial charge >= 0.3 is 0 Å². The van der Waals surface area contributed by atoms with Gasteiger partial charge in [0.15, 0.2) is 0 Å². The van der Waals surface area contributed by atoms with Gasteiger partial charge in [0.2, 0.25) is 0 Å². The third kappa shape index (κ3) is 1.93. The predicted molar refractivity (Wildman–Crippen MR) is 56.8 cm³/mol. The fraction of sp³-hybridized carbons (Fsp3) is 0.917. The highest BCUT2D eigenvalue weighted by Gasteiger charge is 2.47. The van der Waals surface area contributed by atoms with Crippen molar-refractivity contribution in [3.8, 4) is 6.07 Å². The Hall–Kier alpha value is -0.550. The van der Waals surface area contributed by atoms with Gasteiger partial charge in [-0.2, -0.15) is 5.26 Å². The average Bonchev–Trinajstić information content (AvgIpc) is 2.45. The van der Waals surface area contributed by atoms with Crippen LogP contribution in [0.3, 0.4) is 0 Å². The predicted octanol–water partition coefficient (Wildman–Crippen LogP) is 3.27. The van der Waals surface area contributed by atoms with E-state index in [-0.39, 0.29) is 11.2 Å². The Balaban J connectivity index is 2.76. The molecule has 1 aliphatic rings. The summed E-state index contributed by atoms with van der Waals surface area (Å²) in [7, 11) is 0. The summed E-state index contributed by atoms with van der Waals surface area (Å²) in [6, 6.07) is 2.23. The molecule has 0 radical (unpaired) electrons. The molecule has 2 atom stereocenters. The molecule has 1 saturated heterocycles. The molecule has 0 amide bonds. The molecule has 1 heterocycles. The molecule has 0 aromatic carbocycles. The summed E-state index contributed by atoms with van der Waals surface area (Å²) >= 11 is 0. The Morgan fingerprint density at radius 1 is 1.43 bits per heavy atom. The van der Waals surface area contributed by atoms with E-state index in [0.717, 1.165) is 19.3 Å². The zero-order valence-electron chi connectivity index (χ0n) is 9.76. The van der Waals surface area contributed by atoms with E-state index >= 15 is 0 Å². The van der Waals surface area contributed by atoms with Crippen molar-refractivity contribution in [2.75, 3.05) is 0 Å². The van der Waals surface area contributed by atoms with Crippen LogP contribution in [0.15, 0.2) is 0 Å². The molecule has 2 unspecified atom stereocenters. The summed E-state index contributed by atoms with van der Waals surface area (Å²) in [5, 5.41) is 8.74. The van der Waals surface area contributed by atoms with Gasteiger partial charge in [0.1, 0.15) is 0 Å². The van der Waals surface area contributed by atoms with Crippen LogP contribution in [0.25, 0.3) is 0 Å². The number of hydrogen-bond donors (Lipinski definition) is 0. The van der Waals surface area contributed by atoms with E-state index in [1.807, 2.05) is 0 Å². The van der Waals surface area contributed by atoms with Gasteiger partial charge in [-0.25, -0.2) is 0 Å². The highest BCUT2D eigenvalue weighted by Crippen LogP contribution is 2.45. The minimum atomic E-state index is -0.199. The molecular weight excluding hydrogens is 174 g/mol. The highest BCUT2D eigenvalue weighted by molar-refractivity contribution is 4.99. The number of rotatable bonds is 3. The maximum absolute atomic E-state index is 8.74. The van der Waals surface area contributed by atoms with Crippen molar-refractivity contribution >= 4 is 0 Å². The average molecular weight is 195 g/mol. The summed E-state index contributed by atoms with van der Waals surface area (Å²) in [6.07, 6.45) is 3.68. The summed E-state index contributed by atoms with van der Waals surface area (Å²) in [5.74, 6) is 0.535. The van der Waals surface area contributed by atoms with E-state index in [1.165, 1.54) is 0 Å². The van der Waals surface area contributed by atoms with Gasteiger partial charge in [-0.15, -0.1) is 0 Å². The van der Waals surface area contributed by atoms with E-state index < -0.39 is 0 Å². The van der Waals surface area contributed by atoms with E-state index in [0.29, 0.717) is 12.3 Å². The second-order valence-corrected chi connectivity index (χ2v) is 4.96. The minimum Gasteiger partial charge on any atom is -0.368 e. The van der Waals surface area contributed by atoms with E-state index in [2.05, 4.69) is 33.8 Å². The van der Waals surface area contributed by atoms with E-state index in [4.69, 9.17) is 10.00 Å². The Kier molecular flexibility index (Phi) is 3.21. The lowest BCUT2D eigenvalue weighted by Crippen LogP contribution is -2.37. The molecule has 0 saturated carbocycles. The monoisotopic (exact) mass is 195 g/mol. The molecule has 80 valence electrons. The van der Waals surface area contributed by atoms with Crippen LogP contribution in [0.4, 0.5) is 0 Å². The Bertz CT molecular complexity index is 243. The fourth-order valence-electron chi connectivity index (χ4n) is 2.42. The largest absolute Gasteiger partial charge is 0.368 e. The molecule has 0 bridgehead atoms. The zero-order valence-corrected chi connectivity index (χ0v) is 9.76. The molecular formula is C12H21NO. The second-order valence-electron chi connectivity index (χ2n) is 4.96. The van der Waals surface area contributed by atoms with Crippen molar-refractivity contribution in [3.63, 3.8) is 0 Å². The van der Waals surface area contributed by atoms with Crippen molar-refractivity contribution in [2.24, 2.45) is 5.92 Å². The molecule has 0 spiro atoms. The summed E-state index contributed by atoms with van der Waals surface area (Å²) in [5.41, 5.74) is -0.180. The van der Waals surface area contributed by atoms with Crippen molar-refractivity contribution in [1.29, 1.82) is 5.26 Å². The molecule has 0 aliphatic carbocycles. The van der Waals surface area contributed by atoms with Crippen LogP contribution in [0.2, 0.25) is 0 Å². The van der Waals surface area contributed by atoms with Gasteiger partial charge in [-0.3, -0.25) is 0 Å². The number of nitriles is 1. The molecule has 0 aromatic rings. The van der Waals surface area contributed by atoms with Crippen LogP contribution in [0, 0.1) is 17.2 Å². The van der Waals surface area contributed by atoms with E-state index in [1.54, 1.807) is 0 Å². The van der Waals surface area contributed by atoms with E-state index in [9.17, 15) is 0 Å². The SMILES string of the molecule is CCC1(C(C)C)CCC(C)(CC#N)O1. The molecule has 1 aliphatic heterocycles. The van der Waals surface area contributed by atoms with Crippen LogP contribution in [0.5, 0.6) is 0 Å². The lowest BCUT2D eigenvalue weighted by Gasteiger charge is -2.35. The fourth-order valence-corrected chi connectivity index (χ4v) is 2.42. The van der Waals surface area contributed by atoms with Crippen molar-refractivity contribution in [2.45, 2.75) is 64.6 Å². The Morgan fingerprint density at radius 3 is 2.43 bits per heavy atom. The summed E-state index contributed by atoms with van der Waals surface area (Å²) in [4.78, 5) is 0.